The van der Waals surface area contributed by atoms with E-state index in [1.165, 1.54) is 26.8 Å². The van der Waals surface area contributed by atoms with E-state index in [-0.39, 0.29) is 23.8 Å². The molecule has 0 fully saturated rings. The molecule has 33 heavy (non-hydrogen) atoms. The first-order chi connectivity index (χ1) is 15.9. The van der Waals surface area contributed by atoms with E-state index in [9.17, 15) is 14.0 Å². The van der Waals surface area contributed by atoms with Gasteiger partial charge in [-0.05, 0) is 47.7 Å². The van der Waals surface area contributed by atoms with Gasteiger partial charge in [0.15, 0.2) is 11.2 Å². The van der Waals surface area contributed by atoms with Gasteiger partial charge in [0, 0.05) is 25.8 Å². The average Bonchev–Trinajstić information content (AvgIpc) is 3.21. The molecular weight excluding hydrogens is 421 g/mol. The van der Waals surface area contributed by atoms with Gasteiger partial charge in [0.2, 0.25) is 5.95 Å². The number of aromatic nitrogens is 4. The van der Waals surface area contributed by atoms with Crippen molar-refractivity contribution in [2.45, 2.75) is 33.4 Å². The van der Waals surface area contributed by atoms with Crippen LogP contribution in [0.1, 0.15) is 25.0 Å². The van der Waals surface area contributed by atoms with Crippen LogP contribution in [-0.2, 0) is 26.6 Å². The first-order valence-corrected chi connectivity index (χ1v) is 11.2. The van der Waals surface area contributed by atoms with Gasteiger partial charge in [0.25, 0.3) is 5.56 Å². The highest BCUT2D eigenvalue weighted by Gasteiger charge is 2.29. The second kappa shape index (κ2) is 8.03. The van der Waals surface area contributed by atoms with Gasteiger partial charge in [0.05, 0.1) is 6.54 Å². The zero-order chi connectivity index (χ0) is 23.3. The number of hydrogen-bond acceptors (Lipinski definition) is 4. The second-order valence-electron chi connectivity index (χ2n) is 8.79. The van der Waals surface area contributed by atoms with E-state index in [0.29, 0.717) is 29.2 Å². The maximum Gasteiger partial charge on any atom is 0.332 e. The monoisotopic (exact) mass is 447 g/mol. The zero-order valence-electron chi connectivity index (χ0n) is 19.0. The molecule has 0 aliphatic carbocycles. The van der Waals surface area contributed by atoms with Crippen LogP contribution in [0.4, 0.5) is 16.0 Å². The summed E-state index contributed by atoms with van der Waals surface area (Å²) in [6.07, 6.45) is 0.963. The molecule has 1 atom stereocenters. The van der Waals surface area contributed by atoms with Crippen LogP contribution in [0.15, 0.2) is 58.1 Å². The van der Waals surface area contributed by atoms with Crippen LogP contribution < -0.4 is 16.1 Å². The molecule has 4 aromatic rings. The molecule has 0 amide bonds. The van der Waals surface area contributed by atoms with E-state index in [4.69, 9.17) is 4.98 Å². The summed E-state index contributed by atoms with van der Waals surface area (Å²) in [6, 6.07) is 14.2. The van der Waals surface area contributed by atoms with Crippen LogP contribution in [0.25, 0.3) is 11.2 Å². The summed E-state index contributed by atoms with van der Waals surface area (Å²) in [7, 11) is 1.63. The molecule has 2 aromatic heterocycles. The van der Waals surface area contributed by atoms with Crippen LogP contribution in [0.2, 0.25) is 0 Å². The number of anilines is 2. The number of imidazole rings is 1. The summed E-state index contributed by atoms with van der Waals surface area (Å²) in [5.41, 5.74) is 2.90. The minimum Gasteiger partial charge on any atom is -0.312 e. The molecule has 7 nitrogen and oxygen atoms in total. The van der Waals surface area contributed by atoms with E-state index in [1.807, 2.05) is 4.57 Å². The fourth-order valence-electron chi connectivity index (χ4n) is 4.55. The molecule has 2 aromatic carbocycles. The Balaban J connectivity index is 1.68. The molecular formula is C25H26FN5O2. The third-order valence-electron chi connectivity index (χ3n) is 6.35. The summed E-state index contributed by atoms with van der Waals surface area (Å²) in [5, 5.41) is 0. The molecule has 1 aliphatic rings. The number of aryl methyl sites for hydroxylation is 2. The normalized spacial score (nSPS) is 15.8. The first kappa shape index (κ1) is 21.2. The molecule has 0 spiro atoms. The molecule has 170 valence electrons. The van der Waals surface area contributed by atoms with Crippen LogP contribution in [-0.4, -0.2) is 25.2 Å². The Morgan fingerprint density at radius 1 is 1.00 bits per heavy atom. The lowest BCUT2D eigenvalue weighted by Gasteiger charge is -2.33. The van der Waals surface area contributed by atoms with E-state index in [0.717, 1.165) is 18.7 Å². The van der Waals surface area contributed by atoms with Crippen molar-refractivity contribution in [1.29, 1.82) is 0 Å². The Labute approximate surface area is 190 Å². The number of halogens is 1. The van der Waals surface area contributed by atoms with Gasteiger partial charge in [-0.1, -0.05) is 38.1 Å². The topological polar surface area (TPSA) is 65.1 Å². The Morgan fingerprint density at radius 2 is 1.67 bits per heavy atom. The molecule has 0 bridgehead atoms. The van der Waals surface area contributed by atoms with Crippen LogP contribution in [0, 0.1) is 11.7 Å². The standard InChI is InChI=1S/C25H26FN5O2/c1-4-17-7-11-20(12-8-17)29-13-16(2)14-30-21-22(27-24(29)30)28(3)25(33)31(23(21)32)15-18-5-9-19(26)10-6-18/h5-12,16H,4,13-15H2,1-3H3/t16-/m1/s1. The van der Waals surface area contributed by atoms with Crippen molar-refractivity contribution in [2.75, 3.05) is 11.4 Å². The summed E-state index contributed by atoms with van der Waals surface area (Å²) in [4.78, 5) is 33.5. The third kappa shape index (κ3) is 3.55. The largest absolute Gasteiger partial charge is 0.332 e. The van der Waals surface area contributed by atoms with Gasteiger partial charge in [0.1, 0.15) is 5.82 Å². The van der Waals surface area contributed by atoms with Crippen molar-refractivity contribution in [3.63, 3.8) is 0 Å². The van der Waals surface area contributed by atoms with E-state index >= 15 is 0 Å². The lowest BCUT2D eigenvalue weighted by molar-refractivity contribution is 0.458. The number of benzene rings is 2. The third-order valence-corrected chi connectivity index (χ3v) is 6.35. The maximum absolute atomic E-state index is 13.5. The first-order valence-electron chi connectivity index (χ1n) is 11.2. The fraction of sp³-hybridized carbons (Fsp3) is 0.320. The van der Waals surface area contributed by atoms with Crippen molar-refractivity contribution in [2.24, 2.45) is 13.0 Å². The lowest BCUT2D eigenvalue weighted by atomic mass is 10.1. The summed E-state index contributed by atoms with van der Waals surface area (Å²) >= 11 is 0. The minimum atomic E-state index is -0.445. The van der Waals surface area contributed by atoms with Crippen molar-refractivity contribution in [3.05, 3.63) is 86.3 Å². The number of fused-ring (bicyclic) bond motifs is 3. The Bertz CT molecular complexity index is 1450. The maximum atomic E-state index is 13.5. The smallest absolute Gasteiger partial charge is 0.312 e. The van der Waals surface area contributed by atoms with Gasteiger partial charge < -0.3 is 9.47 Å². The van der Waals surface area contributed by atoms with Gasteiger partial charge in [-0.2, -0.15) is 4.98 Å². The molecule has 0 N–H and O–H groups in total. The quantitative estimate of drug-likeness (QED) is 0.481. The highest BCUT2D eigenvalue weighted by atomic mass is 19.1. The SMILES string of the molecule is CCc1ccc(N2C[C@@H](C)Cn3c2nc2c3c(=O)n(Cc3ccc(F)cc3)c(=O)n2C)cc1. The lowest BCUT2D eigenvalue weighted by Crippen LogP contribution is -2.40. The Kier molecular flexibility index (Phi) is 5.15. The fourth-order valence-corrected chi connectivity index (χ4v) is 4.55. The number of nitrogens with zero attached hydrogens (tertiary/aromatic N) is 5. The number of rotatable bonds is 4. The van der Waals surface area contributed by atoms with Crippen LogP contribution in [0.5, 0.6) is 0 Å². The summed E-state index contributed by atoms with van der Waals surface area (Å²) < 4.78 is 17.9. The summed E-state index contributed by atoms with van der Waals surface area (Å²) in [5.74, 6) is 0.585. The van der Waals surface area contributed by atoms with Crippen LogP contribution in [0.3, 0.4) is 0 Å². The number of hydrogen-bond donors (Lipinski definition) is 0. The van der Waals surface area contributed by atoms with E-state index < -0.39 is 5.69 Å². The molecule has 8 heteroatoms. The highest BCUT2D eigenvalue weighted by molar-refractivity contribution is 5.77. The van der Waals surface area contributed by atoms with Crippen LogP contribution >= 0.6 is 0 Å². The van der Waals surface area contributed by atoms with Crippen molar-refractivity contribution in [3.8, 4) is 0 Å². The van der Waals surface area contributed by atoms with E-state index in [1.54, 1.807) is 19.2 Å². The van der Waals surface area contributed by atoms with E-state index in [2.05, 4.69) is 43.0 Å². The predicted octanol–water partition coefficient (Wildman–Crippen LogP) is 3.43. The molecule has 3 heterocycles. The van der Waals surface area contributed by atoms with Crippen molar-refractivity contribution >= 4 is 22.8 Å². The second-order valence-corrected chi connectivity index (χ2v) is 8.79. The minimum absolute atomic E-state index is 0.0694. The van der Waals surface area contributed by atoms with Gasteiger partial charge in [-0.3, -0.25) is 13.9 Å². The van der Waals surface area contributed by atoms with Gasteiger partial charge in [-0.25, -0.2) is 9.18 Å². The molecule has 5 rings (SSSR count). The van der Waals surface area contributed by atoms with Gasteiger partial charge >= 0.3 is 5.69 Å². The highest BCUT2D eigenvalue weighted by Crippen LogP contribution is 2.33. The van der Waals surface area contributed by atoms with Crippen molar-refractivity contribution < 1.29 is 4.39 Å². The van der Waals surface area contributed by atoms with Crippen molar-refractivity contribution in [1.82, 2.24) is 18.7 Å². The average molecular weight is 448 g/mol. The zero-order valence-corrected chi connectivity index (χ0v) is 19.0. The Morgan fingerprint density at radius 3 is 2.33 bits per heavy atom. The summed E-state index contributed by atoms with van der Waals surface area (Å²) in [6.45, 7) is 5.74. The molecule has 0 saturated carbocycles. The van der Waals surface area contributed by atoms with Gasteiger partial charge in [-0.15, -0.1) is 0 Å². The molecule has 1 aliphatic heterocycles. The molecule has 0 unspecified atom stereocenters. The Hall–Kier alpha value is -3.68. The molecule has 0 saturated heterocycles. The predicted molar refractivity (Wildman–Crippen MR) is 127 cm³/mol. The molecule has 0 radical (unpaired) electrons.